The number of carbonyl (C=O) groups is 2. The van der Waals surface area contributed by atoms with Gasteiger partial charge in [-0.3, -0.25) is 9.10 Å². The van der Waals surface area contributed by atoms with Gasteiger partial charge in [0, 0.05) is 12.6 Å². The van der Waals surface area contributed by atoms with E-state index in [1.165, 1.54) is 23.1 Å². The maximum absolute atomic E-state index is 13.6. The molecule has 0 radical (unpaired) electrons. The topological polar surface area (TPSA) is 95.0 Å². The summed E-state index contributed by atoms with van der Waals surface area (Å²) in [7, 11) is -3.92. The third-order valence-corrected chi connectivity index (χ3v) is 6.46. The average Bonchev–Trinajstić information content (AvgIpc) is 2.64. The largest absolute Gasteiger partial charge is 0.465 e. The summed E-state index contributed by atoms with van der Waals surface area (Å²) in [6.07, 6.45) is -1.01. The number of nitrogens with zero attached hydrogens (tertiary/aromatic N) is 2. The van der Waals surface area contributed by atoms with E-state index in [2.05, 4.69) is 0 Å². The van der Waals surface area contributed by atoms with Crippen LogP contribution >= 0.6 is 0 Å². The highest BCUT2D eigenvalue weighted by Crippen LogP contribution is 2.43. The number of halogens is 1. The van der Waals surface area contributed by atoms with Gasteiger partial charge in [-0.2, -0.15) is 0 Å². The lowest BCUT2D eigenvalue weighted by Crippen LogP contribution is -2.60. The zero-order valence-corrected chi connectivity index (χ0v) is 13.8. The highest BCUT2D eigenvalue weighted by Gasteiger charge is 2.59. The SMILES string of the molecule is C[C@H]1C[C@]2(CCN1C(=O)O)C(=O)CS(=O)(=O)N2c1cccc(F)c1. The molecular formula is C15H17FN2O5S. The molecule has 2 heterocycles. The Balaban J connectivity index is 2.08. The van der Waals surface area contributed by atoms with Crippen molar-refractivity contribution in [2.24, 2.45) is 0 Å². The molecule has 9 heteroatoms. The number of Topliss-reactive ketones (excluding diaryl/α,β-unsaturated/α-hetero) is 1. The minimum atomic E-state index is -3.92. The summed E-state index contributed by atoms with van der Waals surface area (Å²) in [5, 5.41) is 9.19. The summed E-state index contributed by atoms with van der Waals surface area (Å²) in [6, 6.07) is 4.56. The minimum absolute atomic E-state index is 0.0452. The smallest absolute Gasteiger partial charge is 0.407 e. The van der Waals surface area contributed by atoms with E-state index >= 15 is 0 Å². The predicted octanol–water partition coefficient (Wildman–Crippen LogP) is 1.45. The molecule has 2 aliphatic rings. The van der Waals surface area contributed by atoms with Crippen LogP contribution in [0.1, 0.15) is 19.8 Å². The fraction of sp³-hybridized carbons (Fsp3) is 0.467. The Bertz CT molecular complexity index is 812. The maximum atomic E-state index is 13.6. The van der Waals surface area contributed by atoms with Crippen molar-refractivity contribution >= 4 is 27.6 Å². The standard InChI is InChI=1S/C15H17FN2O5S/c1-10-8-15(5-6-17(10)14(20)21)13(19)9-24(22,23)18(15)12-4-2-3-11(16)7-12/h2-4,7,10H,5-6,8-9H2,1H3,(H,20,21)/t10-,15+/m0/s1. The number of benzene rings is 1. The van der Waals surface area contributed by atoms with Crippen LogP contribution in [0.5, 0.6) is 0 Å². The fourth-order valence-corrected chi connectivity index (χ4v) is 5.67. The first-order valence-corrected chi connectivity index (χ1v) is 9.10. The summed E-state index contributed by atoms with van der Waals surface area (Å²) in [5.41, 5.74) is -1.25. The third-order valence-electron chi connectivity index (χ3n) is 4.72. The number of amides is 1. The number of hydrogen-bond donors (Lipinski definition) is 1. The Morgan fingerprint density at radius 2 is 2.12 bits per heavy atom. The highest BCUT2D eigenvalue weighted by atomic mass is 32.2. The van der Waals surface area contributed by atoms with Crippen LogP contribution < -0.4 is 4.31 Å². The Labute approximate surface area is 138 Å². The van der Waals surface area contributed by atoms with Crippen molar-refractivity contribution in [3.05, 3.63) is 30.1 Å². The van der Waals surface area contributed by atoms with Crippen LogP contribution in [0.4, 0.5) is 14.9 Å². The van der Waals surface area contributed by atoms with E-state index in [1.54, 1.807) is 6.92 Å². The van der Waals surface area contributed by atoms with Gasteiger partial charge in [0.1, 0.15) is 17.1 Å². The normalized spacial score (nSPS) is 29.2. The van der Waals surface area contributed by atoms with Gasteiger partial charge in [0.2, 0.25) is 10.0 Å². The molecule has 0 saturated carbocycles. The van der Waals surface area contributed by atoms with Crippen molar-refractivity contribution in [2.45, 2.75) is 31.3 Å². The van der Waals surface area contributed by atoms with Gasteiger partial charge in [-0.25, -0.2) is 17.6 Å². The van der Waals surface area contributed by atoms with Crippen LogP contribution in [0.2, 0.25) is 0 Å². The first-order valence-electron chi connectivity index (χ1n) is 7.49. The molecule has 3 rings (SSSR count). The number of sulfonamides is 1. The number of rotatable bonds is 1. The zero-order chi connectivity index (χ0) is 17.7. The number of carbonyl (C=O) groups excluding carboxylic acids is 1. The van der Waals surface area contributed by atoms with Crippen LogP contribution in [-0.4, -0.2) is 54.2 Å². The van der Waals surface area contributed by atoms with Crippen molar-refractivity contribution in [3.8, 4) is 0 Å². The molecule has 2 aliphatic heterocycles. The molecule has 0 bridgehead atoms. The Kier molecular flexibility index (Phi) is 3.78. The van der Waals surface area contributed by atoms with Crippen LogP contribution in [0, 0.1) is 5.82 Å². The summed E-state index contributed by atoms with van der Waals surface area (Å²) in [4.78, 5) is 25.0. The zero-order valence-electron chi connectivity index (χ0n) is 13.0. The van der Waals surface area contributed by atoms with Crippen molar-refractivity contribution in [2.75, 3.05) is 16.6 Å². The summed E-state index contributed by atoms with van der Waals surface area (Å²) >= 11 is 0. The summed E-state index contributed by atoms with van der Waals surface area (Å²) in [5.74, 6) is -1.72. The second kappa shape index (κ2) is 5.44. The molecule has 130 valence electrons. The van der Waals surface area contributed by atoms with Crippen molar-refractivity contribution < 1.29 is 27.5 Å². The number of carboxylic acid groups (broad SMARTS) is 1. The van der Waals surface area contributed by atoms with Crippen molar-refractivity contribution in [1.82, 2.24) is 4.90 Å². The molecule has 1 N–H and O–H groups in total. The third kappa shape index (κ3) is 2.43. The summed E-state index contributed by atoms with van der Waals surface area (Å²) < 4.78 is 39.6. The lowest BCUT2D eigenvalue weighted by atomic mass is 9.80. The maximum Gasteiger partial charge on any atom is 0.407 e. The minimum Gasteiger partial charge on any atom is -0.465 e. The van der Waals surface area contributed by atoms with Gasteiger partial charge in [0.05, 0.1) is 5.69 Å². The molecule has 2 atom stereocenters. The van der Waals surface area contributed by atoms with E-state index < -0.39 is 45.1 Å². The van der Waals surface area contributed by atoms with E-state index in [-0.39, 0.29) is 25.1 Å². The number of ketones is 1. The highest BCUT2D eigenvalue weighted by molar-refractivity contribution is 7.94. The molecule has 24 heavy (non-hydrogen) atoms. The molecule has 1 amide bonds. The fourth-order valence-electron chi connectivity index (χ4n) is 3.70. The molecule has 7 nitrogen and oxygen atoms in total. The Morgan fingerprint density at radius 1 is 1.42 bits per heavy atom. The molecule has 0 unspecified atom stereocenters. The van der Waals surface area contributed by atoms with E-state index in [0.717, 1.165) is 10.4 Å². The van der Waals surface area contributed by atoms with E-state index in [4.69, 9.17) is 0 Å². The van der Waals surface area contributed by atoms with E-state index in [1.807, 2.05) is 0 Å². The van der Waals surface area contributed by atoms with Gasteiger partial charge in [0.15, 0.2) is 5.78 Å². The summed E-state index contributed by atoms with van der Waals surface area (Å²) in [6.45, 7) is 1.68. The lowest BCUT2D eigenvalue weighted by Gasteiger charge is -2.45. The van der Waals surface area contributed by atoms with Crippen molar-refractivity contribution in [3.63, 3.8) is 0 Å². The van der Waals surface area contributed by atoms with Gasteiger partial charge in [-0.05, 0) is 38.0 Å². The molecular weight excluding hydrogens is 339 g/mol. The Hall–Kier alpha value is -2.16. The first-order chi connectivity index (χ1) is 11.2. The average molecular weight is 356 g/mol. The molecule has 1 aromatic carbocycles. The van der Waals surface area contributed by atoms with Crippen molar-refractivity contribution in [1.29, 1.82) is 0 Å². The van der Waals surface area contributed by atoms with E-state index in [0.29, 0.717) is 0 Å². The second-order valence-electron chi connectivity index (χ2n) is 6.23. The van der Waals surface area contributed by atoms with Crippen LogP contribution in [-0.2, 0) is 14.8 Å². The Morgan fingerprint density at radius 3 is 2.71 bits per heavy atom. The molecule has 1 spiro atoms. The number of hydrogen-bond acceptors (Lipinski definition) is 4. The molecule has 2 saturated heterocycles. The van der Waals surface area contributed by atoms with Gasteiger partial charge in [-0.1, -0.05) is 6.07 Å². The monoisotopic (exact) mass is 356 g/mol. The molecule has 0 aromatic heterocycles. The quantitative estimate of drug-likeness (QED) is 0.822. The number of piperidine rings is 1. The van der Waals surface area contributed by atoms with Gasteiger partial charge >= 0.3 is 6.09 Å². The van der Waals surface area contributed by atoms with Crippen LogP contribution in [0.25, 0.3) is 0 Å². The predicted molar refractivity (Wildman–Crippen MR) is 83.8 cm³/mol. The molecule has 0 aliphatic carbocycles. The van der Waals surface area contributed by atoms with Crippen LogP contribution in [0.3, 0.4) is 0 Å². The first kappa shape index (κ1) is 16.7. The van der Waals surface area contributed by atoms with Gasteiger partial charge < -0.3 is 10.0 Å². The lowest BCUT2D eigenvalue weighted by molar-refractivity contribution is -0.122. The van der Waals surface area contributed by atoms with Gasteiger partial charge in [-0.15, -0.1) is 0 Å². The number of likely N-dealkylation sites (tertiary alicyclic amines) is 1. The van der Waals surface area contributed by atoms with Gasteiger partial charge in [0.25, 0.3) is 0 Å². The molecule has 1 aromatic rings. The second-order valence-corrected chi connectivity index (χ2v) is 8.05. The van der Waals surface area contributed by atoms with E-state index in [9.17, 15) is 27.5 Å². The number of anilines is 1. The molecule has 2 fully saturated rings. The van der Waals surface area contributed by atoms with Crippen LogP contribution in [0.15, 0.2) is 24.3 Å².